The van der Waals surface area contributed by atoms with E-state index in [0.29, 0.717) is 6.54 Å². The average molecular weight is 537 g/mol. The number of nitrogens with zero attached hydrogens (tertiary/aromatic N) is 3. The van der Waals surface area contributed by atoms with Crippen LogP contribution in [0.4, 0.5) is 0 Å². The van der Waals surface area contributed by atoms with Gasteiger partial charge in [-0.3, -0.25) is 4.99 Å². The molecule has 0 saturated carbocycles. The van der Waals surface area contributed by atoms with Gasteiger partial charge in [0.25, 0.3) is 0 Å². The SMILES string of the molecule is Cc1nc2ccccc2n1CCCNC(=NCC1CCCO1)NCCc1ccco1.I. The van der Waals surface area contributed by atoms with Crippen LogP contribution in [0.25, 0.3) is 11.0 Å². The first-order chi connectivity index (χ1) is 14.8. The number of rotatable bonds is 9. The Morgan fingerprint density at radius 2 is 2.06 bits per heavy atom. The van der Waals surface area contributed by atoms with Gasteiger partial charge >= 0.3 is 0 Å². The largest absolute Gasteiger partial charge is 0.469 e. The van der Waals surface area contributed by atoms with Crippen molar-refractivity contribution in [2.24, 2.45) is 4.99 Å². The molecule has 1 unspecified atom stereocenters. The Balaban J connectivity index is 0.00000272. The number of furan rings is 1. The van der Waals surface area contributed by atoms with Gasteiger partial charge in [-0.25, -0.2) is 4.98 Å². The summed E-state index contributed by atoms with van der Waals surface area (Å²) in [6.45, 7) is 6.15. The third-order valence-electron chi connectivity index (χ3n) is 5.42. The van der Waals surface area contributed by atoms with E-state index in [4.69, 9.17) is 14.1 Å². The fraction of sp³-hybridized carbons (Fsp3) is 0.478. The third kappa shape index (κ3) is 6.70. The molecule has 168 valence electrons. The lowest BCUT2D eigenvalue weighted by Crippen LogP contribution is -2.39. The molecule has 31 heavy (non-hydrogen) atoms. The van der Waals surface area contributed by atoms with Crippen molar-refractivity contribution in [1.29, 1.82) is 0 Å². The Labute approximate surface area is 200 Å². The highest BCUT2D eigenvalue weighted by Gasteiger charge is 2.15. The summed E-state index contributed by atoms with van der Waals surface area (Å²) in [7, 11) is 0. The number of ether oxygens (including phenoxy) is 1. The van der Waals surface area contributed by atoms with E-state index in [1.807, 2.05) is 18.2 Å². The molecular formula is C23H32IN5O2. The van der Waals surface area contributed by atoms with Gasteiger partial charge in [0.2, 0.25) is 0 Å². The van der Waals surface area contributed by atoms with E-state index in [1.165, 1.54) is 5.52 Å². The molecule has 0 amide bonds. The summed E-state index contributed by atoms with van der Waals surface area (Å²) in [4.78, 5) is 9.40. The Bertz CT molecular complexity index is 948. The van der Waals surface area contributed by atoms with E-state index in [-0.39, 0.29) is 30.1 Å². The number of benzene rings is 1. The number of para-hydroxylation sites is 2. The van der Waals surface area contributed by atoms with Crippen LogP contribution in [0, 0.1) is 6.92 Å². The smallest absolute Gasteiger partial charge is 0.191 e. The van der Waals surface area contributed by atoms with Gasteiger partial charge < -0.3 is 24.4 Å². The van der Waals surface area contributed by atoms with Gasteiger partial charge in [0.05, 0.1) is 29.9 Å². The van der Waals surface area contributed by atoms with Gasteiger partial charge in [0, 0.05) is 32.7 Å². The summed E-state index contributed by atoms with van der Waals surface area (Å²) in [6.07, 6.45) is 5.99. The van der Waals surface area contributed by atoms with Crippen molar-refractivity contribution >= 4 is 41.0 Å². The number of aryl methyl sites for hydroxylation is 2. The van der Waals surface area contributed by atoms with Crippen molar-refractivity contribution in [1.82, 2.24) is 20.2 Å². The van der Waals surface area contributed by atoms with Crippen molar-refractivity contribution < 1.29 is 9.15 Å². The Morgan fingerprint density at radius 3 is 2.87 bits per heavy atom. The number of hydrogen-bond acceptors (Lipinski definition) is 4. The molecule has 1 fully saturated rings. The molecule has 4 rings (SSSR count). The molecule has 0 radical (unpaired) electrons. The number of guanidine groups is 1. The maximum absolute atomic E-state index is 5.71. The first-order valence-corrected chi connectivity index (χ1v) is 10.9. The van der Waals surface area contributed by atoms with E-state index < -0.39 is 0 Å². The lowest BCUT2D eigenvalue weighted by Gasteiger charge is -2.14. The number of aliphatic imine (C=N–C) groups is 1. The molecular weight excluding hydrogens is 505 g/mol. The first-order valence-electron chi connectivity index (χ1n) is 10.9. The predicted octanol–water partition coefficient (Wildman–Crippen LogP) is 3.90. The molecule has 8 heteroatoms. The van der Waals surface area contributed by atoms with Crippen LogP contribution in [0.5, 0.6) is 0 Å². The zero-order valence-corrected chi connectivity index (χ0v) is 20.4. The Hall–Kier alpha value is -2.07. The molecule has 2 aromatic heterocycles. The van der Waals surface area contributed by atoms with E-state index in [1.54, 1.807) is 6.26 Å². The molecule has 1 aliphatic rings. The van der Waals surface area contributed by atoms with Gasteiger partial charge in [0.15, 0.2) is 5.96 Å². The van der Waals surface area contributed by atoms with Crippen LogP contribution >= 0.6 is 24.0 Å². The van der Waals surface area contributed by atoms with E-state index >= 15 is 0 Å². The van der Waals surface area contributed by atoms with Crippen molar-refractivity contribution in [2.75, 3.05) is 26.2 Å². The first kappa shape index (κ1) is 23.6. The number of fused-ring (bicyclic) bond motifs is 1. The number of halogens is 1. The molecule has 3 aromatic rings. The monoisotopic (exact) mass is 537 g/mol. The molecule has 1 saturated heterocycles. The van der Waals surface area contributed by atoms with Crippen molar-refractivity contribution in [3.8, 4) is 0 Å². The summed E-state index contributed by atoms with van der Waals surface area (Å²) in [5, 5.41) is 6.89. The van der Waals surface area contributed by atoms with Gasteiger partial charge in [-0.1, -0.05) is 12.1 Å². The van der Waals surface area contributed by atoms with E-state index in [2.05, 4.69) is 45.3 Å². The third-order valence-corrected chi connectivity index (χ3v) is 5.42. The van der Waals surface area contributed by atoms with Gasteiger partial charge in [0.1, 0.15) is 11.6 Å². The second kappa shape index (κ2) is 12.1. The highest BCUT2D eigenvalue weighted by molar-refractivity contribution is 14.0. The number of hydrogen-bond donors (Lipinski definition) is 2. The molecule has 7 nitrogen and oxygen atoms in total. The second-order valence-corrected chi connectivity index (χ2v) is 7.66. The summed E-state index contributed by atoms with van der Waals surface area (Å²) < 4.78 is 13.4. The molecule has 0 aliphatic carbocycles. The number of imidazole rings is 1. The Morgan fingerprint density at radius 1 is 1.19 bits per heavy atom. The fourth-order valence-electron chi connectivity index (χ4n) is 3.84. The number of nitrogens with one attached hydrogen (secondary N) is 2. The van der Waals surface area contributed by atoms with Gasteiger partial charge in [-0.2, -0.15) is 0 Å². The van der Waals surface area contributed by atoms with Crippen LogP contribution in [-0.4, -0.2) is 47.9 Å². The van der Waals surface area contributed by atoms with Gasteiger partial charge in [-0.15, -0.1) is 24.0 Å². The molecule has 3 heterocycles. The topological polar surface area (TPSA) is 76.6 Å². The lowest BCUT2D eigenvalue weighted by atomic mass is 10.2. The van der Waals surface area contributed by atoms with Crippen molar-refractivity contribution in [3.05, 3.63) is 54.2 Å². The maximum Gasteiger partial charge on any atom is 0.191 e. The maximum atomic E-state index is 5.71. The molecule has 2 N–H and O–H groups in total. The highest BCUT2D eigenvalue weighted by Crippen LogP contribution is 2.15. The summed E-state index contributed by atoms with van der Waals surface area (Å²) in [5.74, 6) is 2.87. The summed E-state index contributed by atoms with van der Waals surface area (Å²) in [6, 6.07) is 12.2. The van der Waals surface area contributed by atoms with Crippen LogP contribution in [-0.2, 0) is 17.7 Å². The number of aromatic nitrogens is 2. The molecule has 1 aromatic carbocycles. The van der Waals surface area contributed by atoms with Crippen LogP contribution in [0.2, 0.25) is 0 Å². The van der Waals surface area contributed by atoms with Gasteiger partial charge in [-0.05, 0) is 50.5 Å². The summed E-state index contributed by atoms with van der Waals surface area (Å²) >= 11 is 0. The molecule has 1 aliphatic heterocycles. The molecule has 0 bridgehead atoms. The normalized spacial score (nSPS) is 16.4. The molecule has 0 spiro atoms. The van der Waals surface area contributed by atoms with Crippen molar-refractivity contribution in [3.63, 3.8) is 0 Å². The van der Waals surface area contributed by atoms with Crippen LogP contribution in [0.15, 0.2) is 52.1 Å². The van der Waals surface area contributed by atoms with Crippen molar-refractivity contribution in [2.45, 2.75) is 45.3 Å². The lowest BCUT2D eigenvalue weighted by molar-refractivity contribution is 0.117. The van der Waals surface area contributed by atoms with Crippen LogP contribution in [0.3, 0.4) is 0 Å². The minimum absolute atomic E-state index is 0. The quantitative estimate of drug-likeness (QED) is 0.188. The minimum Gasteiger partial charge on any atom is -0.469 e. The average Bonchev–Trinajstić information content (AvgIpc) is 3.51. The van der Waals surface area contributed by atoms with E-state index in [0.717, 1.165) is 75.0 Å². The van der Waals surface area contributed by atoms with Crippen LogP contribution in [0.1, 0.15) is 30.8 Å². The zero-order chi connectivity index (χ0) is 20.6. The molecule has 1 atom stereocenters. The predicted molar refractivity (Wildman–Crippen MR) is 134 cm³/mol. The zero-order valence-electron chi connectivity index (χ0n) is 18.0. The fourth-order valence-corrected chi connectivity index (χ4v) is 3.84. The standard InChI is InChI=1S/C23H31N5O2.HI/c1-18-27-21-9-2-3-10-22(21)28(18)14-6-12-24-23(26-17-20-8-5-16-30-20)25-13-11-19-7-4-15-29-19;/h2-4,7,9-10,15,20H,5-6,8,11-14,16-17H2,1H3,(H2,24,25,26);1H. The van der Waals surface area contributed by atoms with Crippen LogP contribution < -0.4 is 10.6 Å². The second-order valence-electron chi connectivity index (χ2n) is 7.66. The summed E-state index contributed by atoms with van der Waals surface area (Å²) in [5.41, 5.74) is 2.25. The minimum atomic E-state index is 0. The highest BCUT2D eigenvalue weighted by atomic mass is 127. The van der Waals surface area contributed by atoms with E-state index in [9.17, 15) is 0 Å². The Kier molecular flexibility index (Phi) is 9.20.